The number of carbonyl (C=O) groups excluding carboxylic acids is 2. The van der Waals surface area contributed by atoms with Gasteiger partial charge in [-0.1, -0.05) is 19.9 Å². The summed E-state index contributed by atoms with van der Waals surface area (Å²) in [7, 11) is 1.74. The van der Waals surface area contributed by atoms with Crippen LogP contribution in [0.5, 0.6) is 0 Å². The molecular weight excluding hydrogens is 729 g/mol. The van der Waals surface area contributed by atoms with Crippen molar-refractivity contribution in [3.63, 3.8) is 0 Å². The van der Waals surface area contributed by atoms with Gasteiger partial charge in [-0.05, 0) is 62.8 Å². The number of carbonyl (C=O) groups is 2. The van der Waals surface area contributed by atoms with Crippen molar-refractivity contribution >= 4 is 39.8 Å². The minimum atomic E-state index is -0.781. The van der Waals surface area contributed by atoms with E-state index in [2.05, 4.69) is 77.1 Å². The van der Waals surface area contributed by atoms with Gasteiger partial charge in [0.2, 0.25) is 0 Å². The van der Waals surface area contributed by atoms with E-state index in [1.165, 1.54) is 16.9 Å². The third kappa shape index (κ3) is 6.71. The first kappa shape index (κ1) is 37.6. The van der Waals surface area contributed by atoms with Crippen molar-refractivity contribution in [2.45, 2.75) is 90.2 Å². The average molecular weight is 783 g/mol. The van der Waals surface area contributed by atoms with E-state index >= 15 is 0 Å². The van der Waals surface area contributed by atoms with Gasteiger partial charge in [0.05, 0.1) is 72.0 Å². The summed E-state index contributed by atoms with van der Waals surface area (Å²) < 4.78 is 20.5. The summed E-state index contributed by atoms with van der Waals surface area (Å²) >= 11 is 1.52. The van der Waals surface area contributed by atoms with Crippen LogP contribution < -0.4 is 16.1 Å². The monoisotopic (exact) mass is 782 g/mol. The van der Waals surface area contributed by atoms with Crippen LogP contribution in [0.1, 0.15) is 62.9 Å². The van der Waals surface area contributed by atoms with Crippen LogP contribution >= 0.6 is 11.3 Å². The Morgan fingerprint density at radius 1 is 1.14 bits per heavy atom. The molecule has 4 saturated heterocycles. The fourth-order valence-corrected chi connectivity index (χ4v) is 10.3. The highest BCUT2D eigenvalue weighted by Gasteiger charge is 2.51. The molecule has 0 unspecified atom stereocenters. The maximum absolute atomic E-state index is 13.8. The maximum atomic E-state index is 13.8. The quantitative estimate of drug-likeness (QED) is 0.276. The van der Waals surface area contributed by atoms with Crippen LogP contribution in [0.3, 0.4) is 0 Å². The molecule has 4 atom stereocenters. The Hall–Kier alpha value is -3.92. The van der Waals surface area contributed by atoms with Gasteiger partial charge in [0.25, 0.3) is 5.91 Å². The number of cyclic esters (lactones) is 1. The molecule has 0 radical (unpaired) electrons. The average Bonchev–Trinajstić information content (AvgIpc) is 3.79. The first-order valence-electron chi connectivity index (χ1n) is 20.2. The molecule has 6 aliphatic rings. The summed E-state index contributed by atoms with van der Waals surface area (Å²) in [4.78, 5) is 42.6. The Balaban J connectivity index is 1.18. The number of aromatic nitrogens is 3. The van der Waals surface area contributed by atoms with Gasteiger partial charge in [-0.3, -0.25) is 24.5 Å². The first-order valence-corrected chi connectivity index (χ1v) is 21.1. The predicted molar refractivity (Wildman–Crippen MR) is 216 cm³/mol. The Labute approximate surface area is 332 Å². The van der Waals surface area contributed by atoms with E-state index in [1.54, 1.807) is 12.1 Å². The van der Waals surface area contributed by atoms with Crippen molar-refractivity contribution in [3.05, 3.63) is 52.1 Å². The van der Waals surface area contributed by atoms with Crippen molar-refractivity contribution in [1.82, 2.24) is 29.9 Å². The summed E-state index contributed by atoms with van der Waals surface area (Å²) in [5.41, 5.74) is 17.6. The second-order valence-corrected chi connectivity index (χ2v) is 18.0. The minimum Gasteiger partial charge on any atom is -0.464 e. The second-order valence-electron chi connectivity index (χ2n) is 17.1. The number of fused-ring (bicyclic) bond motifs is 5. The fraction of sp³-hybridized carbons (Fsp3) is 0.571. The van der Waals surface area contributed by atoms with Gasteiger partial charge in [-0.25, -0.2) is 10.4 Å². The molecule has 1 aromatic carbocycles. The largest absolute Gasteiger partial charge is 0.464 e. The molecule has 13 nitrogen and oxygen atoms in total. The minimum absolute atomic E-state index is 0.0345. The van der Waals surface area contributed by atoms with Crippen molar-refractivity contribution in [3.8, 4) is 22.5 Å². The lowest BCUT2D eigenvalue weighted by Crippen LogP contribution is -2.71. The number of morpholine rings is 1. The fourth-order valence-electron chi connectivity index (χ4n) is 9.48. The number of hydrogen-bond donors (Lipinski definition) is 2. The molecule has 5 fully saturated rings. The van der Waals surface area contributed by atoms with Crippen molar-refractivity contribution in [1.29, 1.82) is 0 Å². The highest BCUT2D eigenvalue weighted by atomic mass is 32.1. The van der Waals surface area contributed by atoms with E-state index in [0.29, 0.717) is 18.9 Å². The molecule has 8 heterocycles. The van der Waals surface area contributed by atoms with Crippen molar-refractivity contribution < 1.29 is 23.8 Å². The molecule has 1 amide bonds. The molecule has 3 aromatic heterocycles. The summed E-state index contributed by atoms with van der Waals surface area (Å²) in [6.45, 7) is 14.8. The number of nitrogens with zero attached hydrogens (tertiary/aromatic N) is 6. The third-order valence-electron chi connectivity index (χ3n) is 12.8. The second kappa shape index (κ2) is 14.8. The van der Waals surface area contributed by atoms with E-state index in [-0.39, 0.29) is 36.5 Å². The lowest BCUT2D eigenvalue weighted by Gasteiger charge is -2.53. The number of nitrogens with two attached hydrogens (primary N) is 1. The number of hydrazine groups is 1. The van der Waals surface area contributed by atoms with E-state index in [1.807, 2.05) is 6.20 Å². The summed E-state index contributed by atoms with van der Waals surface area (Å²) in [6.07, 6.45) is 4.23. The van der Waals surface area contributed by atoms with E-state index in [4.69, 9.17) is 29.9 Å². The van der Waals surface area contributed by atoms with Gasteiger partial charge in [0.15, 0.2) is 0 Å². The summed E-state index contributed by atoms with van der Waals surface area (Å²) in [6, 6.07) is 7.93. The molecule has 10 rings (SSSR count). The maximum Gasteiger partial charge on any atom is 0.325 e. The SMILES string of the molecule is CCn1c(-c2cc(N3CCN4CCOC[C@@H]4C3)cnc2[C@H](C)OC)c2c3cc(ccc31)-c1csc(n1)C[C@H](N)C(=O)N1N[C@H](C(=O)OCC(C)(C)C2)C2CC1C2. The van der Waals surface area contributed by atoms with Gasteiger partial charge >= 0.3 is 5.97 Å². The molecule has 8 bridgehead atoms. The van der Waals surface area contributed by atoms with Crippen molar-refractivity contribution in [2.75, 3.05) is 58.0 Å². The predicted octanol–water partition coefficient (Wildman–Crippen LogP) is 4.56. The molecule has 56 heavy (non-hydrogen) atoms. The van der Waals surface area contributed by atoms with E-state index in [0.717, 1.165) is 109 Å². The lowest BCUT2D eigenvalue weighted by molar-refractivity contribution is -0.170. The number of nitrogens with one attached hydrogen (secondary N) is 1. The molecule has 3 N–H and O–H groups in total. The van der Waals surface area contributed by atoms with Crippen LogP contribution in [0.25, 0.3) is 33.4 Å². The Kier molecular flexibility index (Phi) is 9.94. The number of thiazole rings is 1. The Morgan fingerprint density at radius 2 is 1.98 bits per heavy atom. The molecule has 4 aromatic rings. The normalized spacial score (nSPS) is 27.4. The molecular formula is C42H54N8O5S. The zero-order valence-electron chi connectivity index (χ0n) is 33.1. The van der Waals surface area contributed by atoms with Crippen LogP contribution in [0.4, 0.5) is 5.69 Å². The number of benzene rings is 1. The molecule has 1 aliphatic carbocycles. The van der Waals surface area contributed by atoms with Crippen LogP contribution in [-0.4, -0.2) is 114 Å². The standard InChI is InChI=1S/C42H54N8O5S/c1-6-49-35-8-7-25-15-30(35)32(39(49)31-16-28(19-44-37(31)24(2)53-5)48-10-9-47-11-12-54-21-29(47)20-48)18-42(3,4)23-55-41(52)38-26-13-27(14-26)50(46-38)40(51)33(43)17-36-45-34(25)22-56-36/h7-8,15-16,19,22,24,26-27,29,33,38,46H,6,9-14,17-18,20-21,23,43H2,1-5H3/t24-,26?,27?,29-,33-,38-/m0/s1. The number of esters is 1. The number of amides is 1. The van der Waals surface area contributed by atoms with Gasteiger partial charge in [0.1, 0.15) is 6.04 Å². The highest BCUT2D eigenvalue weighted by Crippen LogP contribution is 2.44. The van der Waals surface area contributed by atoms with E-state index in [9.17, 15) is 9.59 Å². The Morgan fingerprint density at radius 3 is 2.79 bits per heavy atom. The number of piperazine rings is 1. The summed E-state index contributed by atoms with van der Waals surface area (Å²) in [5, 5.41) is 5.59. The smallest absolute Gasteiger partial charge is 0.325 e. The topological polar surface area (TPSA) is 140 Å². The van der Waals surface area contributed by atoms with Crippen molar-refractivity contribution in [2.24, 2.45) is 17.1 Å². The van der Waals surface area contributed by atoms with Gasteiger partial charge in [0, 0.05) is 85.1 Å². The van der Waals surface area contributed by atoms with Crippen LogP contribution in [0, 0.1) is 11.3 Å². The summed E-state index contributed by atoms with van der Waals surface area (Å²) in [5.74, 6) is -0.409. The molecule has 0 spiro atoms. The lowest BCUT2D eigenvalue weighted by atomic mass is 9.73. The molecule has 1 saturated carbocycles. The molecule has 14 heteroatoms. The highest BCUT2D eigenvalue weighted by molar-refractivity contribution is 7.10. The van der Waals surface area contributed by atoms with Gasteiger partial charge in [-0.2, -0.15) is 0 Å². The number of methoxy groups -OCH3 is 1. The number of rotatable bonds is 5. The number of anilines is 1. The Bertz CT molecular complexity index is 2140. The molecule has 298 valence electrons. The number of ether oxygens (including phenoxy) is 3. The number of aryl methyl sites for hydroxylation is 1. The number of pyridine rings is 1. The van der Waals surface area contributed by atoms with Gasteiger partial charge < -0.3 is 29.4 Å². The zero-order chi connectivity index (χ0) is 38.9. The number of hydrogen-bond acceptors (Lipinski definition) is 12. The van der Waals surface area contributed by atoms with Gasteiger partial charge in [-0.15, -0.1) is 11.3 Å². The van der Waals surface area contributed by atoms with E-state index < -0.39 is 17.5 Å². The van der Waals surface area contributed by atoms with Crippen LogP contribution in [0.2, 0.25) is 0 Å². The van der Waals surface area contributed by atoms with Crippen LogP contribution in [0.15, 0.2) is 35.8 Å². The third-order valence-corrected chi connectivity index (χ3v) is 13.6. The molecule has 5 aliphatic heterocycles. The zero-order valence-corrected chi connectivity index (χ0v) is 33.9. The van der Waals surface area contributed by atoms with Crippen LogP contribution in [-0.2, 0) is 43.2 Å². The first-order chi connectivity index (χ1) is 27.0.